The molecule has 24 heavy (non-hydrogen) atoms. The van der Waals surface area contributed by atoms with Crippen molar-refractivity contribution in [2.45, 2.75) is 30.7 Å². The van der Waals surface area contributed by atoms with Crippen molar-refractivity contribution < 1.29 is 44.2 Å². The van der Waals surface area contributed by atoms with Gasteiger partial charge in [0.05, 0.1) is 6.61 Å². The second kappa shape index (κ2) is 7.69. The Bertz CT molecular complexity index is 617. The standard InChI is InChI=1S/C15H17FO8/c16-8-4-2-1-3-7(8)5-9(14(21)22)23-15-13(20)12(19)11(18)10(6-17)24-15/h1-5,10-13,15,17-20H,6H2,(H,21,22). The minimum atomic E-state index is -1.77. The molecule has 1 aliphatic heterocycles. The van der Waals surface area contributed by atoms with Crippen LogP contribution < -0.4 is 0 Å². The van der Waals surface area contributed by atoms with Crippen molar-refractivity contribution in [2.24, 2.45) is 0 Å². The third-order valence-corrected chi connectivity index (χ3v) is 3.49. The molecule has 8 nitrogen and oxygen atoms in total. The summed E-state index contributed by atoms with van der Waals surface area (Å²) < 4.78 is 23.7. The molecule has 5 atom stereocenters. The van der Waals surface area contributed by atoms with Gasteiger partial charge in [-0.15, -0.1) is 0 Å². The average molecular weight is 344 g/mol. The monoisotopic (exact) mass is 344 g/mol. The first-order valence-corrected chi connectivity index (χ1v) is 7.02. The zero-order valence-corrected chi connectivity index (χ0v) is 12.3. The van der Waals surface area contributed by atoms with Crippen LogP contribution in [-0.4, -0.2) is 68.8 Å². The normalized spacial score (nSPS) is 30.9. The van der Waals surface area contributed by atoms with Crippen LogP contribution in [0.3, 0.4) is 0 Å². The summed E-state index contributed by atoms with van der Waals surface area (Å²) >= 11 is 0. The first-order chi connectivity index (χ1) is 11.3. The summed E-state index contributed by atoms with van der Waals surface area (Å²) in [4.78, 5) is 11.3. The first kappa shape index (κ1) is 18.3. The highest BCUT2D eigenvalue weighted by Gasteiger charge is 2.45. The van der Waals surface area contributed by atoms with E-state index in [-0.39, 0.29) is 5.56 Å². The number of benzene rings is 1. The number of aliphatic carboxylic acids is 1. The molecule has 0 saturated carbocycles. The van der Waals surface area contributed by atoms with E-state index in [2.05, 4.69) is 0 Å². The van der Waals surface area contributed by atoms with Crippen LogP contribution in [0.2, 0.25) is 0 Å². The maximum atomic E-state index is 13.6. The lowest BCUT2D eigenvalue weighted by Crippen LogP contribution is -2.59. The summed E-state index contributed by atoms with van der Waals surface area (Å²) in [5.74, 6) is -2.99. The molecule has 132 valence electrons. The minimum absolute atomic E-state index is 0.0699. The molecule has 0 radical (unpaired) electrons. The number of hydrogen-bond acceptors (Lipinski definition) is 7. The van der Waals surface area contributed by atoms with Crippen molar-refractivity contribution in [1.82, 2.24) is 0 Å². The molecule has 5 unspecified atom stereocenters. The van der Waals surface area contributed by atoms with Gasteiger partial charge in [-0.3, -0.25) is 0 Å². The van der Waals surface area contributed by atoms with Crippen LogP contribution in [0.25, 0.3) is 6.08 Å². The Kier molecular flexibility index (Phi) is 5.86. The third kappa shape index (κ3) is 3.89. The van der Waals surface area contributed by atoms with Gasteiger partial charge in [0.25, 0.3) is 0 Å². The maximum absolute atomic E-state index is 13.6. The molecule has 0 aliphatic carbocycles. The summed E-state index contributed by atoms with van der Waals surface area (Å²) in [6, 6.07) is 5.35. The Morgan fingerprint density at radius 1 is 1.21 bits per heavy atom. The Labute approximate surface area is 136 Å². The van der Waals surface area contributed by atoms with Gasteiger partial charge in [-0.05, 0) is 12.1 Å². The van der Waals surface area contributed by atoms with Gasteiger partial charge in [0.15, 0.2) is 0 Å². The van der Waals surface area contributed by atoms with E-state index in [1.165, 1.54) is 18.2 Å². The highest BCUT2D eigenvalue weighted by atomic mass is 19.1. The predicted octanol–water partition coefficient (Wildman–Crippen LogP) is -0.932. The van der Waals surface area contributed by atoms with Crippen LogP contribution in [0.15, 0.2) is 30.0 Å². The van der Waals surface area contributed by atoms with E-state index in [9.17, 15) is 24.5 Å². The highest BCUT2D eigenvalue weighted by molar-refractivity contribution is 5.89. The van der Waals surface area contributed by atoms with Gasteiger partial charge in [0.2, 0.25) is 12.0 Å². The lowest BCUT2D eigenvalue weighted by atomic mass is 9.99. The molecule has 1 aliphatic rings. The molecule has 5 N–H and O–H groups in total. The van der Waals surface area contributed by atoms with Crippen LogP contribution in [0.5, 0.6) is 0 Å². The lowest BCUT2D eigenvalue weighted by Gasteiger charge is -2.39. The number of ether oxygens (including phenoxy) is 2. The summed E-state index contributed by atoms with van der Waals surface area (Å²) in [5.41, 5.74) is -0.0699. The smallest absolute Gasteiger partial charge is 0.371 e. The highest BCUT2D eigenvalue weighted by Crippen LogP contribution is 2.24. The molecule has 0 spiro atoms. The molecule has 0 amide bonds. The Morgan fingerprint density at radius 2 is 1.88 bits per heavy atom. The Morgan fingerprint density at radius 3 is 2.46 bits per heavy atom. The van der Waals surface area contributed by atoms with Crippen LogP contribution in [0, 0.1) is 5.82 Å². The van der Waals surface area contributed by atoms with Gasteiger partial charge < -0.3 is 35.0 Å². The molecule has 2 rings (SSSR count). The second-order valence-electron chi connectivity index (χ2n) is 5.15. The number of halogens is 1. The lowest BCUT2D eigenvalue weighted by molar-refractivity contribution is -0.291. The Hall–Kier alpha value is -2.04. The minimum Gasteiger partial charge on any atom is -0.475 e. The van der Waals surface area contributed by atoms with Gasteiger partial charge in [-0.2, -0.15) is 0 Å². The molecule has 0 bridgehead atoms. The van der Waals surface area contributed by atoms with E-state index in [4.69, 9.17) is 19.7 Å². The summed E-state index contributed by atoms with van der Waals surface area (Å²) in [6.45, 7) is -0.690. The van der Waals surface area contributed by atoms with E-state index >= 15 is 0 Å². The average Bonchev–Trinajstić information content (AvgIpc) is 2.56. The fraction of sp³-hybridized carbons (Fsp3) is 0.400. The number of carboxylic acids is 1. The zero-order chi connectivity index (χ0) is 17.9. The van der Waals surface area contributed by atoms with Crippen molar-refractivity contribution in [3.05, 3.63) is 41.4 Å². The fourth-order valence-corrected chi connectivity index (χ4v) is 2.17. The fourth-order valence-electron chi connectivity index (χ4n) is 2.17. The predicted molar refractivity (Wildman–Crippen MR) is 76.9 cm³/mol. The molecule has 1 heterocycles. The van der Waals surface area contributed by atoms with E-state index in [1.54, 1.807) is 0 Å². The number of aliphatic hydroxyl groups excluding tert-OH is 4. The van der Waals surface area contributed by atoms with Gasteiger partial charge >= 0.3 is 5.97 Å². The van der Waals surface area contributed by atoms with Crippen molar-refractivity contribution in [2.75, 3.05) is 6.61 Å². The van der Waals surface area contributed by atoms with Crippen molar-refractivity contribution in [1.29, 1.82) is 0 Å². The van der Waals surface area contributed by atoms with Crippen LogP contribution >= 0.6 is 0 Å². The number of hydrogen-bond donors (Lipinski definition) is 5. The van der Waals surface area contributed by atoms with Crippen molar-refractivity contribution >= 4 is 12.0 Å². The topological polar surface area (TPSA) is 137 Å². The molecule has 0 aromatic heterocycles. The zero-order valence-electron chi connectivity index (χ0n) is 12.3. The molecule has 1 fully saturated rings. The van der Waals surface area contributed by atoms with Crippen LogP contribution in [0.1, 0.15) is 5.56 Å². The number of carboxylic acid groups (broad SMARTS) is 1. The molecular weight excluding hydrogens is 327 g/mol. The quantitative estimate of drug-likeness (QED) is 0.341. The molecule has 1 aromatic carbocycles. The van der Waals surface area contributed by atoms with Crippen molar-refractivity contribution in [3.63, 3.8) is 0 Å². The van der Waals surface area contributed by atoms with Gasteiger partial charge in [0.1, 0.15) is 30.2 Å². The number of aliphatic hydroxyl groups is 4. The van der Waals surface area contributed by atoms with Crippen LogP contribution in [-0.2, 0) is 14.3 Å². The second-order valence-corrected chi connectivity index (χ2v) is 5.15. The van der Waals surface area contributed by atoms with E-state index < -0.39 is 54.9 Å². The molecule has 1 aromatic rings. The number of carbonyl (C=O) groups is 1. The van der Waals surface area contributed by atoms with Crippen molar-refractivity contribution in [3.8, 4) is 0 Å². The summed E-state index contributed by atoms with van der Waals surface area (Å²) in [5, 5.41) is 47.4. The van der Waals surface area contributed by atoms with Gasteiger partial charge in [-0.25, -0.2) is 9.18 Å². The first-order valence-electron chi connectivity index (χ1n) is 7.02. The molecule has 9 heteroatoms. The number of rotatable bonds is 5. The van der Waals surface area contributed by atoms with Gasteiger partial charge in [-0.1, -0.05) is 18.2 Å². The largest absolute Gasteiger partial charge is 0.475 e. The molecule has 1 saturated heterocycles. The summed E-state index contributed by atoms with van der Waals surface area (Å²) in [7, 11) is 0. The Balaban J connectivity index is 2.24. The third-order valence-electron chi connectivity index (χ3n) is 3.49. The maximum Gasteiger partial charge on any atom is 0.371 e. The van der Waals surface area contributed by atoms with Gasteiger partial charge in [0, 0.05) is 5.56 Å². The summed E-state index contributed by atoms with van der Waals surface area (Å²) in [6.07, 6.45) is -7.13. The molecular formula is C15H17FO8. The van der Waals surface area contributed by atoms with E-state index in [0.717, 1.165) is 12.1 Å². The van der Waals surface area contributed by atoms with E-state index in [1.807, 2.05) is 0 Å². The SMILES string of the molecule is O=C(O)C(=Cc1ccccc1F)OC1OC(CO)C(O)C(O)C1O. The van der Waals surface area contributed by atoms with Crippen LogP contribution in [0.4, 0.5) is 4.39 Å². The van der Waals surface area contributed by atoms with E-state index in [0.29, 0.717) is 0 Å².